The average Bonchev–Trinajstić information content (AvgIpc) is 3.35. The third kappa shape index (κ3) is 5.13. The molecular weight excluding hydrogens is 412 g/mol. The molecular formula is C24H24N2O4S. The van der Waals surface area contributed by atoms with Crippen molar-refractivity contribution < 1.29 is 17.9 Å². The van der Waals surface area contributed by atoms with Gasteiger partial charge in [-0.1, -0.05) is 48.5 Å². The Labute approximate surface area is 182 Å². The van der Waals surface area contributed by atoms with Gasteiger partial charge in [0.1, 0.15) is 5.75 Å². The normalized spacial score (nSPS) is 14.3. The van der Waals surface area contributed by atoms with E-state index in [4.69, 9.17) is 4.74 Å². The number of rotatable bonds is 7. The van der Waals surface area contributed by atoms with Crippen LogP contribution in [0.5, 0.6) is 5.75 Å². The number of carbonyl (C=O) groups is 1. The van der Waals surface area contributed by atoms with Gasteiger partial charge in [-0.2, -0.15) is 4.31 Å². The average molecular weight is 437 g/mol. The highest BCUT2D eigenvalue weighted by atomic mass is 32.2. The van der Waals surface area contributed by atoms with Crippen molar-refractivity contribution in [3.63, 3.8) is 0 Å². The number of carbonyl (C=O) groups excluding carboxylic acids is 1. The zero-order valence-corrected chi connectivity index (χ0v) is 17.8. The summed E-state index contributed by atoms with van der Waals surface area (Å²) in [4.78, 5) is 12.5. The minimum Gasteiger partial charge on any atom is -0.484 e. The number of amides is 1. The minimum absolute atomic E-state index is 0.173. The van der Waals surface area contributed by atoms with Crippen LogP contribution in [0.1, 0.15) is 12.8 Å². The van der Waals surface area contributed by atoms with Crippen LogP contribution in [-0.2, 0) is 14.8 Å². The van der Waals surface area contributed by atoms with E-state index in [2.05, 4.69) is 5.32 Å². The summed E-state index contributed by atoms with van der Waals surface area (Å²) in [5.41, 5.74) is 2.59. The van der Waals surface area contributed by atoms with Crippen LogP contribution in [0.3, 0.4) is 0 Å². The molecule has 0 spiro atoms. The number of ether oxygens (including phenoxy) is 1. The van der Waals surface area contributed by atoms with Crippen molar-refractivity contribution in [2.45, 2.75) is 17.7 Å². The second kappa shape index (κ2) is 9.32. The zero-order chi connectivity index (χ0) is 21.7. The molecule has 0 atom stereocenters. The Morgan fingerprint density at radius 3 is 2.26 bits per heavy atom. The van der Waals surface area contributed by atoms with E-state index in [1.165, 1.54) is 10.4 Å². The molecule has 160 valence electrons. The summed E-state index contributed by atoms with van der Waals surface area (Å²) in [6.07, 6.45) is 1.75. The van der Waals surface area contributed by atoms with Crippen LogP contribution >= 0.6 is 0 Å². The van der Waals surface area contributed by atoms with Gasteiger partial charge in [-0.3, -0.25) is 4.79 Å². The Morgan fingerprint density at radius 2 is 1.55 bits per heavy atom. The van der Waals surface area contributed by atoms with Crippen LogP contribution in [0.25, 0.3) is 11.1 Å². The van der Waals surface area contributed by atoms with E-state index in [0.29, 0.717) is 24.5 Å². The van der Waals surface area contributed by atoms with E-state index < -0.39 is 10.0 Å². The van der Waals surface area contributed by atoms with E-state index >= 15 is 0 Å². The van der Waals surface area contributed by atoms with E-state index in [0.717, 1.165) is 24.0 Å². The molecule has 1 N–H and O–H groups in total. The van der Waals surface area contributed by atoms with Crippen molar-refractivity contribution in [1.29, 1.82) is 0 Å². The van der Waals surface area contributed by atoms with Gasteiger partial charge in [-0.05, 0) is 54.3 Å². The lowest BCUT2D eigenvalue weighted by atomic mass is 10.1. The zero-order valence-electron chi connectivity index (χ0n) is 17.0. The second-order valence-corrected chi connectivity index (χ2v) is 9.30. The number of benzene rings is 3. The molecule has 0 saturated carbocycles. The van der Waals surface area contributed by atoms with Crippen LogP contribution in [0, 0.1) is 0 Å². The number of hydrogen-bond acceptors (Lipinski definition) is 4. The molecule has 1 aliphatic heterocycles. The first-order chi connectivity index (χ1) is 15.0. The number of nitrogens with one attached hydrogen (secondary N) is 1. The molecule has 3 aromatic rings. The third-order valence-corrected chi connectivity index (χ3v) is 7.05. The van der Waals surface area contributed by atoms with Crippen molar-refractivity contribution in [2.24, 2.45) is 0 Å². The molecule has 0 radical (unpaired) electrons. The first-order valence-corrected chi connectivity index (χ1v) is 11.6. The maximum Gasteiger partial charge on any atom is 0.262 e. The molecule has 6 nitrogen and oxygen atoms in total. The number of sulfonamides is 1. The monoisotopic (exact) mass is 436 g/mol. The van der Waals surface area contributed by atoms with Gasteiger partial charge < -0.3 is 10.1 Å². The molecule has 4 rings (SSSR count). The Balaban J connectivity index is 1.35. The van der Waals surface area contributed by atoms with Crippen molar-refractivity contribution >= 4 is 21.6 Å². The Hall–Kier alpha value is -3.16. The molecule has 1 amide bonds. The fraction of sp³-hybridized carbons (Fsp3) is 0.208. The van der Waals surface area contributed by atoms with Gasteiger partial charge >= 0.3 is 0 Å². The smallest absolute Gasteiger partial charge is 0.262 e. The quantitative estimate of drug-likeness (QED) is 0.604. The summed E-state index contributed by atoms with van der Waals surface area (Å²) < 4.78 is 32.5. The lowest BCUT2D eigenvalue weighted by Gasteiger charge is -2.16. The van der Waals surface area contributed by atoms with E-state index in [1.54, 1.807) is 18.2 Å². The van der Waals surface area contributed by atoms with Crippen LogP contribution in [0.15, 0.2) is 83.8 Å². The SMILES string of the molecule is O=C(COc1ccc(-c2ccccc2)cc1)Nc1cccc(S(=O)(=O)N2CCCC2)c1. The number of hydrogen-bond donors (Lipinski definition) is 1. The van der Waals surface area contributed by atoms with Crippen molar-refractivity contribution in [3.05, 3.63) is 78.9 Å². The minimum atomic E-state index is -3.53. The highest BCUT2D eigenvalue weighted by Crippen LogP contribution is 2.24. The van der Waals surface area contributed by atoms with E-state index in [1.807, 2.05) is 54.6 Å². The third-order valence-electron chi connectivity index (χ3n) is 5.15. The molecule has 1 aliphatic rings. The molecule has 1 saturated heterocycles. The topological polar surface area (TPSA) is 75.7 Å². The summed E-state index contributed by atoms with van der Waals surface area (Å²) >= 11 is 0. The van der Waals surface area contributed by atoms with Gasteiger partial charge in [-0.25, -0.2) is 8.42 Å². The molecule has 0 bridgehead atoms. The summed E-state index contributed by atoms with van der Waals surface area (Å²) in [6, 6.07) is 23.8. The van der Waals surface area contributed by atoms with Gasteiger partial charge in [0.05, 0.1) is 4.90 Å². The maximum atomic E-state index is 12.7. The lowest BCUT2D eigenvalue weighted by molar-refractivity contribution is -0.118. The summed E-state index contributed by atoms with van der Waals surface area (Å²) in [7, 11) is -3.53. The van der Waals surface area contributed by atoms with Gasteiger partial charge in [0.25, 0.3) is 5.91 Å². The Bertz CT molecular complexity index is 1140. The molecule has 0 aromatic heterocycles. The van der Waals surface area contributed by atoms with E-state index in [-0.39, 0.29) is 17.4 Å². The molecule has 1 fully saturated rings. The maximum absolute atomic E-state index is 12.7. The lowest BCUT2D eigenvalue weighted by Crippen LogP contribution is -2.28. The standard InChI is InChI=1S/C24H24N2O4S/c27-24(18-30-22-13-11-20(12-14-22)19-7-2-1-3-8-19)25-21-9-6-10-23(17-21)31(28,29)26-15-4-5-16-26/h1-3,6-14,17H,4-5,15-16,18H2,(H,25,27). The fourth-order valence-electron chi connectivity index (χ4n) is 3.53. The first-order valence-electron chi connectivity index (χ1n) is 10.2. The molecule has 31 heavy (non-hydrogen) atoms. The molecule has 7 heteroatoms. The predicted octanol–water partition coefficient (Wildman–Crippen LogP) is 4.16. The number of anilines is 1. The summed E-state index contributed by atoms with van der Waals surface area (Å²) in [5, 5.41) is 2.71. The number of nitrogens with zero attached hydrogens (tertiary/aromatic N) is 1. The highest BCUT2D eigenvalue weighted by Gasteiger charge is 2.27. The molecule has 0 unspecified atom stereocenters. The highest BCUT2D eigenvalue weighted by molar-refractivity contribution is 7.89. The second-order valence-electron chi connectivity index (χ2n) is 7.37. The van der Waals surface area contributed by atoms with Crippen LogP contribution in [0.2, 0.25) is 0 Å². The molecule has 3 aromatic carbocycles. The molecule has 0 aliphatic carbocycles. The van der Waals surface area contributed by atoms with Gasteiger partial charge in [0.2, 0.25) is 10.0 Å². The van der Waals surface area contributed by atoms with Gasteiger partial charge in [0, 0.05) is 18.8 Å². The fourth-order valence-corrected chi connectivity index (χ4v) is 5.10. The van der Waals surface area contributed by atoms with E-state index in [9.17, 15) is 13.2 Å². The summed E-state index contributed by atoms with van der Waals surface area (Å²) in [5.74, 6) is 0.225. The Kier molecular flexibility index (Phi) is 6.34. The van der Waals surface area contributed by atoms with Crippen LogP contribution < -0.4 is 10.1 Å². The largest absolute Gasteiger partial charge is 0.484 e. The van der Waals surface area contributed by atoms with Crippen LogP contribution in [0.4, 0.5) is 5.69 Å². The summed E-state index contributed by atoms with van der Waals surface area (Å²) in [6.45, 7) is 0.902. The van der Waals surface area contributed by atoms with Crippen molar-refractivity contribution in [1.82, 2.24) is 4.31 Å². The Morgan fingerprint density at radius 1 is 0.871 bits per heavy atom. The van der Waals surface area contributed by atoms with Crippen molar-refractivity contribution in [2.75, 3.05) is 25.0 Å². The first kappa shape index (κ1) is 21.1. The molecule has 1 heterocycles. The predicted molar refractivity (Wildman–Crippen MR) is 120 cm³/mol. The van der Waals surface area contributed by atoms with Gasteiger partial charge in [-0.15, -0.1) is 0 Å². The van der Waals surface area contributed by atoms with Crippen LogP contribution in [-0.4, -0.2) is 38.3 Å². The van der Waals surface area contributed by atoms with Crippen molar-refractivity contribution in [3.8, 4) is 16.9 Å². The van der Waals surface area contributed by atoms with Gasteiger partial charge in [0.15, 0.2) is 6.61 Å².